The highest BCUT2D eigenvalue weighted by Gasteiger charge is 2.50. The van der Waals surface area contributed by atoms with Gasteiger partial charge in [-0.1, -0.05) is 30.3 Å². The molecule has 13 nitrogen and oxygen atoms in total. The van der Waals surface area contributed by atoms with E-state index in [4.69, 9.17) is 18.9 Å². The molecule has 4 atom stereocenters. The highest BCUT2D eigenvalue weighted by Crippen LogP contribution is 2.29. The van der Waals surface area contributed by atoms with Crippen molar-refractivity contribution in [2.45, 2.75) is 37.1 Å². The molecule has 0 aromatic heterocycles. The third kappa shape index (κ3) is 9.41. The first-order chi connectivity index (χ1) is 21.6. The van der Waals surface area contributed by atoms with Gasteiger partial charge in [0.2, 0.25) is 11.8 Å². The first kappa shape index (κ1) is 33.7. The number of ketones is 2. The zero-order valence-electron chi connectivity index (χ0n) is 25.7. The molecule has 2 aliphatic heterocycles. The molecule has 0 saturated carbocycles. The Hall–Kier alpha value is -4.17. The standard InChI is InChI=1S/C32H40N4O9/c1-32(20-45-32)29(39)24(17-21-7-5-4-6-8-21)34-31(41)27(28(38)22-9-11-23(43-3)12-10-22)35-30(40)25(19-42-2)33-26(37)18-36-13-15-44-16-14-36/h4-12,24-25,27H,13-20H2,1-3H3,(H,33,37)(H,34,41)(H,35,40). The van der Waals surface area contributed by atoms with Gasteiger partial charge in [-0.2, -0.15) is 0 Å². The number of nitrogens with zero attached hydrogens (tertiary/aromatic N) is 1. The van der Waals surface area contributed by atoms with Crippen LogP contribution < -0.4 is 20.7 Å². The number of Topliss-reactive ketones (excluding diaryl/α,β-unsaturated/α-hetero) is 2. The monoisotopic (exact) mass is 624 g/mol. The van der Waals surface area contributed by atoms with Gasteiger partial charge >= 0.3 is 0 Å². The van der Waals surface area contributed by atoms with E-state index >= 15 is 0 Å². The molecule has 0 radical (unpaired) electrons. The molecule has 2 fully saturated rings. The molecule has 3 N–H and O–H groups in total. The van der Waals surface area contributed by atoms with Crippen LogP contribution in [-0.4, -0.2) is 118 Å². The minimum atomic E-state index is -1.74. The minimum Gasteiger partial charge on any atom is -0.497 e. The van der Waals surface area contributed by atoms with Gasteiger partial charge in [-0.15, -0.1) is 0 Å². The SMILES string of the molecule is COCC(NC(=O)CN1CCOCC1)C(=O)NC(C(=O)NC(Cc1ccccc1)C(=O)C1(C)CO1)C(=O)c1ccc(OC)cc1. The molecule has 0 aliphatic carbocycles. The van der Waals surface area contributed by atoms with Crippen LogP contribution in [0.5, 0.6) is 5.75 Å². The topological polar surface area (TPSA) is 165 Å². The zero-order chi connectivity index (χ0) is 32.4. The van der Waals surface area contributed by atoms with Gasteiger partial charge in [0, 0.05) is 25.8 Å². The van der Waals surface area contributed by atoms with Crippen LogP contribution in [0.15, 0.2) is 54.6 Å². The molecular weight excluding hydrogens is 584 g/mol. The van der Waals surface area contributed by atoms with Crippen LogP contribution in [0.3, 0.4) is 0 Å². The number of amides is 3. The predicted octanol–water partition coefficient (Wildman–Crippen LogP) is -0.0884. The summed E-state index contributed by atoms with van der Waals surface area (Å²) in [6.07, 6.45) is 0.144. The van der Waals surface area contributed by atoms with E-state index < -0.39 is 47.2 Å². The van der Waals surface area contributed by atoms with E-state index in [9.17, 15) is 24.0 Å². The van der Waals surface area contributed by atoms with Gasteiger partial charge in [-0.05, 0) is 43.2 Å². The summed E-state index contributed by atoms with van der Waals surface area (Å²) in [5.74, 6) is -2.71. The summed E-state index contributed by atoms with van der Waals surface area (Å²) in [6.45, 7) is 3.81. The molecule has 4 unspecified atom stereocenters. The average molecular weight is 625 g/mol. The molecule has 2 aliphatic rings. The molecule has 13 heteroatoms. The fourth-order valence-electron chi connectivity index (χ4n) is 4.90. The number of nitrogens with one attached hydrogen (secondary N) is 3. The first-order valence-corrected chi connectivity index (χ1v) is 14.7. The second-order valence-corrected chi connectivity index (χ2v) is 11.1. The molecule has 242 valence electrons. The van der Waals surface area contributed by atoms with Crippen molar-refractivity contribution in [3.63, 3.8) is 0 Å². The van der Waals surface area contributed by atoms with Crippen molar-refractivity contribution >= 4 is 29.3 Å². The number of rotatable bonds is 16. The third-order valence-corrected chi connectivity index (χ3v) is 7.66. The Kier molecular flexibility index (Phi) is 11.8. The number of hydrogen-bond donors (Lipinski definition) is 3. The molecule has 45 heavy (non-hydrogen) atoms. The molecule has 2 heterocycles. The summed E-state index contributed by atoms with van der Waals surface area (Å²) in [5.41, 5.74) is -0.148. The summed E-state index contributed by atoms with van der Waals surface area (Å²) in [5, 5.41) is 7.82. The van der Waals surface area contributed by atoms with Crippen molar-refractivity contribution in [1.29, 1.82) is 0 Å². The molecule has 3 amide bonds. The van der Waals surface area contributed by atoms with E-state index in [2.05, 4.69) is 16.0 Å². The Morgan fingerprint density at radius 3 is 2.16 bits per heavy atom. The van der Waals surface area contributed by atoms with Crippen molar-refractivity contribution in [3.05, 3.63) is 65.7 Å². The van der Waals surface area contributed by atoms with Crippen LogP contribution in [0.25, 0.3) is 0 Å². The van der Waals surface area contributed by atoms with Crippen molar-refractivity contribution in [2.24, 2.45) is 0 Å². The molecule has 0 spiro atoms. The Labute approximate surface area is 261 Å². The molecule has 4 rings (SSSR count). The van der Waals surface area contributed by atoms with Crippen LogP contribution >= 0.6 is 0 Å². The van der Waals surface area contributed by atoms with Crippen molar-refractivity contribution in [3.8, 4) is 5.75 Å². The highest BCUT2D eigenvalue weighted by atomic mass is 16.6. The Bertz CT molecular complexity index is 1340. The van der Waals surface area contributed by atoms with Gasteiger partial charge in [-0.25, -0.2) is 0 Å². The second-order valence-electron chi connectivity index (χ2n) is 11.1. The Morgan fingerprint density at radius 1 is 0.889 bits per heavy atom. The van der Waals surface area contributed by atoms with Crippen LogP contribution in [-0.2, 0) is 39.8 Å². The number of hydrogen-bond acceptors (Lipinski definition) is 10. The summed E-state index contributed by atoms with van der Waals surface area (Å²) in [4.78, 5) is 69.2. The molecular formula is C32H40N4O9. The van der Waals surface area contributed by atoms with E-state index in [1.807, 2.05) is 35.2 Å². The number of methoxy groups -OCH3 is 2. The fraction of sp³-hybridized carbons (Fsp3) is 0.469. The quantitative estimate of drug-likeness (QED) is 0.131. The van der Waals surface area contributed by atoms with Gasteiger partial charge in [0.1, 0.15) is 17.4 Å². The maximum absolute atomic E-state index is 13.8. The van der Waals surface area contributed by atoms with E-state index in [-0.39, 0.29) is 37.5 Å². The summed E-state index contributed by atoms with van der Waals surface area (Å²) < 4.78 is 21.0. The number of carbonyl (C=O) groups excluding carboxylic acids is 5. The lowest BCUT2D eigenvalue weighted by Gasteiger charge is -2.27. The lowest BCUT2D eigenvalue weighted by molar-refractivity contribution is -0.134. The van der Waals surface area contributed by atoms with Gasteiger partial charge in [0.15, 0.2) is 17.6 Å². The van der Waals surface area contributed by atoms with Crippen LogP contribution in [0, 0.1) is 0 Å². The normalized spacial score (nSPS) is 19.8. The van der Waals surface area contributed by atoms with Crippen LogP contribution in [0.1, 0.15) is 22.8 Å². The molecule has 2 saturated heterocycles. The third-order valence-electron chi connectivity index (χ3n) is 7.66. The summed E-state index contributed by atoms with van der Waals surface area (Å²) >= 11 is 0. The van der Waals surface area contributed by atoms with Gasteiger partial charge < -0.3 is 34.9 Å². The fourth-order valence-corrected chi connectivity index (χ4v) is 4.90. The van der Waals surface area contributed by atoms with Gasteiger partial charge in [-0.3, -0.25) is 28.9 Å². The number of benzene rings is 2. The Morgan fingerprint density at radius 2 is 1.56 bits per heavy atom. The number of ether oxygens (including phenoxy) is 4. The van der Waals surface area contributed by atoms with Crippen molar-refractivity contribution < 1.29 is 42.9 Å². The average Bonchev–Trinajstić information content (AvgIpc) is 3.81. The largest absolute Gasteiger partial charge is 0.497 e. The lowest BCUT2D eigenvalue weighted by Crippen LogP contribution is -2.60. The Balaban J connectivity index is 1.55. The van der Waals surface area contributed by atoms with E-state index in [0.717, 1.165) is 5.56 Å². The summed E-state index contributed by atoms with van der Waals surface area (Å²) in [6, 6.07) is 11.2. The van der Waals surface area contributed by atoms with E-state index in [1.165, 1.54) is 26.4 Å². The van der Waals surface area contributed by atoms with Crippen LogP contribution in [0.2, 0.25) is 0 Å². The number of carbonyl (C=O) groups is 5. The van der Waals surface area contributed by atoms with E-state index in [0.29, 0.717) is 32.1 Å². The summed E-state index contributed by atoms with van der Waals surface area (Å²) in [7, 11) is 2.84. The molecule has 2 aromatic carbocycles. The number of morpholine rings is 1. The minimum absolute atomic E-state index is 0.0374. The number of epoxide rings is 1. The van der Waals surface area contributed by atoms with Crippen molar-refractivity contribution in [2.75, 3.05) is 60.3 Å². The van der Waals surface area contributed by atoms with E-state index in [1.54, 1.807) is 19.1 Å². The van der Waals surface area contributed by atoms with Gasteiger partial charge in [0.25, 0.3) is 5.91 Å². The maximum Gasteiger partial charge on any atom is 0.251 e. The maximum atomic E-state index is 13.8. The smallest absolute Gasteiger partial charge is 0.251 e. The highest BCUT2D eigenvalue weighted by molar-refractivity contribution is 6.16. The molecule has 0 bridgehead atoms. The predicted molar refractivity (Wildman–Crippen MR) is 162 cm³/mol. The zero-order valence-corrected chi connectivity index (χ0v) is 25.7. The lowest BCUT2D eigenvalue weighted by atomic mass is 9.94. The first-order valence-electron chi connectivity index (χ1n) is 14.7. The molecule has 2 aromatic rings. The van der Waals surface area contributed by atoms with Crippen molar-refractivity contribution in [1.82, 2.24) is 20.9 Å². The van der Waals surface area contributed by atoms with Gasteiger partial charge in [0.05, 0.1) is 46.1 Å². The van der Waals surface area contributed by atoms with Crippen LogP contribution in [0.4, 0.5) is 0 Å². The second kappa shape index (κ2) is 15.7.